The van der Waals surface area contributed by atoms with Crippen LogP contribution in [0.5, 0.6) is 0 Å². The Bertz CT molecular complexity index is 900. The molecule has 0 unspecified atom stereocenters. The van der Waals surface area contributed by atoms with Crippen molar-refractivity contribution in [1.82, 2.24) is 14.8 Å². The minimum atomic E-state index is -0.287. The first-order chi connectivity index (χ1) is 11.9. The molecule has 0 radical (unpaired) electrons. The predicted molar refractivity (Wildman–Crippen MR) is 95.5 cm³/mol. The fourth-order valence-corrected chi connectivity index (χ4v) is 2.54. The fraction of sp³-hybridized carbons (Fsp3) is 0.211. The monoisotopic (exact) mass is 338 g/mol. The SMILES string of the molecule is CC(=O)Nc1cc(-c2cn(C(C)C)nc2-c2ccc(F)cc2)ccn1. The number of nitrogens with zero attached hydrogens (tertiary/aromatic N) is 3. The molecule has 25 heavy (non-hydrogen) atoms. The number of anilines is 1. The Labute approximate surface area is 145 Å². The molecular formula is C19H19FN4O. The summed E-state index contributed by atoms with van der Waals surface area (Å²) >= 11 is 0. The number of amides is 1. The molecule has 0 spiro atoms. The van der Waals surface area contributed by atoms with Crippen LogP contribution in [0.25, 0.3) is 22.4 Å². The molecule has 6 heteroatoms. The number of carbonyl (C=O) groups is 1. The molecule has 0 saturated carbocycles. The number of hydrogen-bond acceptors (Lipinski definition) is 3. The van der Waals surface area contributed by atoms with Gasteiger partial charge in [0.1, 0.15) is 17.3 Å². The Balaban J connectivity index is 2.11. The van der Waals surface area contributed by atoms with E-state index in [0.29, 0.717) is 5.82 Å². The molecule has 0 fully saturated rings. The summed E-state index contributed by atoms with van der Waals surface area (Å²) in [6.45, 7) is 5.52. The lowest BCUT2D eigenvalue weighted by atomic mass is 10.0. The van der Waals surface area contributed by atoms with Gasteiger partial charge in [-0.05, 0) is 55.8 Å². The van der Waals surface area contributed by atoms with Crippen molar-refractivity contribution in [3.8, 4) is 22.4 Å². The van der Waals surface area contributed by atoms with E-state index in [0.717, 1.165) is 22.4 Å². The van der Waals surface area contributed by atoms with E-state index in [1.54, 1.807) is 24.4 Å². The lowest BCUT2D eigenvalue weighted by molar-refractivity contribution is -0.114. The number of nitrogens with one attached hydrogen (secondary N) is 1. The molecule has 1 N–H and O–H groups in total. The van der Waals surface area contributed by atoms with E-state index in [4.69, 9.17) is 0 Å². The van der Waals surface area contributed by atoms with Gasteiger partial charge in [0.2, 0.25) is 5.91 Å². The standard InChI is InChI=1S/C19H19FN4O/c1-12(2)24-11-17(15-8-9-21-18(10-15)22-13(3)25)19(23-24)14-4-6-16(20)7-5-14/h4-12H,1-3H3,(H,21,22,25). The Morgan fingerprint density at radius 2 is 1.88 bits per heavy atom. The molecule has 0 aliphatic heterocycles. The molecular weight excluding hydrogens is 319 g/mol. The maximum Gasteiger partial charge on any atom is 0.222 e. The van der Waals surface area contributed by atoms with Crippen LogP contribution >= 0.6 is 0 Å². The maximum absolute atomic E-state index is 13.3. The second-order valence-electron chi connectivity index (χ2n) is 6.08. The summed E-state index contributed by atoms with van der Waals surface area (Å²) in [4.78, 5) is 15.4. The Morgan fingerprint density at radius 3 is 2.52 bits per heavy atom. The van der Waals surface area contributed by atoms with Gasteiger partial charge in [0.25, 0.3) is 0 Å². The Morgan fingerprint density at radius 1 is 1.16 bits per heavy atom. The highest BCUT2D eigenvalue weighted by Crippen LogP contribution is 2.32. The number of aromatic nitrogens is 3. The van der Waals surface area contributed by atoms with Crippen LogP contribution < -0.4 is 5.32 Å². The lowest BCUT2D eigenvalue weighted by Crippen LogP contribution is -2.07. The van der Waals surface area contributed by atoms with Crippen molar-refractivity contribution in [1.29, 1.82) is 0 Å². The molecule has 1 amide bonds. The van der Waals surface area contributed by atoms with Crippen molar-refractivity contribution in [2.24, 2.45) is 0 Å². The summed E-state index contributed by atoms with van der Waals surface area (Å²) in [6.07, 6.45) is 3.60. The van der Waals surface area contributed by atoms with Crippen LogP contribution in [0.3, 0.4) is 0 Å². The molecule has 0 atom stereocenters. The van der Waals surface area contributed by atoms with Gasteiger partial charge in [-0.1, -0.05) is 0 Å². The van der Waals surface area contributed by atoms with Crippen molar-refractivity contribution >= 4 is 11.7 Å². The van der Waals surface area contributed by atoms with E-state index in [1.807, 2.05) is 30.8 Å². The van der Waals surface area contributed by atoms with Crippen LogP contribution in [0.15, 0.2) is 48.8 Å². The summed E-state index contributed by atoms with van der Waals surface area (Å²) in [6, 6.07) is 10.1. The first-order valence-electron chi connectivity index (χ1n) is 8.03. The minimum absolute atomic E-state index is 0.179. The molecule has 3 aromatic rings. The molecule has 0 aliphatic rings. The van der Waals surface area contributed by atoms with Gasteiger partial charge in [0.05, 0.1) is 0 Å². The summed E-state index contributed by atoms with van der Waals surface area (Å²) in [5, 5.41) is 7.35. The molecule has 1 aromatic carbocycles. The van der Waals surface area contributed by atoms with Gasteiger partial charge < -0.3 is 5.32 Å². The molecule has 128 valence electrons. The lowest BCUT2D eigenvalue weighted by Gasteiger charge is -2.05. The van der Waals surface area contributed by atoms with Gasteiger partial charge in [-0.3, -0.25) is 9.48 Å². The smallest absolute Gasteiger partial charge is 0.222 e. The second-order valence-corrected chi connectivity index (χ2v) is 6.08. The van der Waals surface area contributed by atoms with Crippen LogP contribution in [0.2, 0.25) is 0 Å². The summed E-state index contributed by atoms with van der Waals surface area (Å²) in [7, 11) is 0. The van der Waals surface area contributed by atoms with E-state index in [9.17, 15) is 9.18 Å². The quantitative estimate of drug-likeness (QED) is 0.772. The molecule has 0 bridgehead atoms. The molecule has 2 heterocycles. The number of halogens is 1. The van der Waals surface area contributed by atoms with Crippen molar-refractivity contribution in [2.45, 2.75) is 26.8 Å². The van der Waals surface area contributed by atoms with Crippen LogP contribution in [0.4, 0.5) is 10.2 Å². The number of rotatable bonds is 4. The third-order valence-corrected chi connectivity index (χ3v) is 3.75. The third kappa shape index (κ3) is 3.74. The fourth-order valence-electron chi connectivity index (χ4n) is 2.54. The van der Waals surface area contributed by atoms with Crippen molar-refractivity contribution in [3.05, 3.63) is 54.6 Å². The number of carbonyl (C=O) groups excluding carboxylic acids is 1. The van der Waals surface area contributed by atoms with Gasteiger partial charge in [-0.25, -0.2) is 9.37 Å². The topological polar surface area (TPSA) is 59.8 Å². The van der Waals surface area contributed by atoms with E-state index in [2.05, 4.69) is 15.4 Å². The van der Waals surface area contributed by atoms with Crippen LogP contribution in [-0.2, 0) is 4.79 Å². The minimum Gasteiger partial charge on any atom is -0.311 e. The molecule has 2 aromatic heterocycles. The van der Waals surface area contributed by atoms with Crippen LogP contribution in [0, 0.1) is 5.82 Å². The van der Waals surface area contributed by atoms with Crippen molar-refractivity contribution < 1.29 is 9.18 Å². The average molecular weight is 338 g/mol. The molecule has 3 rings (SSSR count). The average Bonchev–Trinajstić information content (AvgIpc) is 3.01. The maximum atomic E-state index is 13.3. The zero-order valence-corrected chi connectivity index (χ0v) is 14.3. The summed E-state index contributed by atoms with van der Waals surface area (Å²) in [5.41, 5.74) is 3.36. The summed E-state index contributed by atoms with van der Waals surface area (Å²) < 4.78 is 15.1. The third-order valence-electron chi connectivity index (χ3n) is 3.75. The molecule has 0 saturated heterocycles. The van der Waals surface area contributed by atoms with Gasteiger partial charge in [-0.2, -0.15) is 5.10 Å². The van der Waals surface area contributed by atoms with E-state index in [-0.39, 0.29) is 17.8 Å². The number of hydrogen-bond donors (Lipinski definition) is 1. The first kappa shape index (κ1) is 16.8. The number of benzene rings is 1. The van der Waals surface area contributed by atoms with E-state index >= 15 is 0 Å². The zero-order valence-electron chi connectivity index (χ0n) is 14.3. The highest BCUT2D eigenvalue weighted by Gasteiger charge is 2.15. The second kappa shape index (κ2) is 6.84. The normalized spacial score (nSPS) is 10.9. The Hall–Kier alpha value is -3.02. The van der Waals surface area contributed by atoms with Gasteiger partial charge in [-0.15, -0.1) is 0 Å². The zero-order chi connectivity index (χ0) is 18.0. The van der Waals surface area contributed by atoms with Crippen molar-refractivity contribution in [2.75, 3.05) is 5.32 Å². The van der Waals surface area contributed by atoms with Crippen molar-refractivity contribution in [3.63, 3.8) is 0 Å². The predicted octanol–water partition coefficient (Wildman–Crippen LogP) is 4.29. The van der Waals surface area contributed by atoms with Crippen LogP contribution in [0.1, 0.15) is 26.8 Å². The number of pyridine rings is 1. The molecule has 5 nitrogen and oxygen atoms in total. The van der Waals surface area contributed by atoms with E-state index in [1.165, 1.54) is 19.1 Å². The van der Waals surface area contributed by atoms with Crippen LogP contribution in [-0.4, -0.2) is 20.7 Å². The summed E-state index contributed by atoms with van der Waals surface area (Å²) in [5.74, 6) is 0.0130. The van der Waals surface area contributed by atoms with Gasteiger partial charge >= 0.3 is 0 Å². The Kier molecular flexibility index (Phi) is 4.61. The van der Waals surface area contributed by atoms with E-state index < -0.39 is 0 Å². The highest BCUT2D eigenvalue weighted by molar-refractivity contribution is 5.89. The van der Waals surface area contributed by atoms with Gasteiger partial charge in [0, 0.05) is 36.5 Å². The highest BCUT2D eigenvalue weighted by atomic mass is 19.1. The van der Waals surface area contributed by atoms with Gasteiger partial charge in [0.15, 0.2) is 0 Å². The largest absolute Gasteiger partial charge is 0.311 e. The first-order valence-corrected chi connectivity index (χ1v) is 8.03. The molecule has 0 aliphatic carbocycles.